The molecular formula is C16H22N2O3. The Hall–Kier alpha value is -2.04. The van der Waals surface area contributed by atoms with Gasteiger partial charge in [0.2, 0.25) is 0 Å². The number of aromatic carboxylic acids is 1. The number of carbonyl (C=O) groups excluding carboxylic acids is 1. The summed E-state index contributed by atoms with van der Waals surface area (Å²) in [7, 11) is 0. The summed E-state index contributed by atoms with van der Waals surface area (Å²) in [6.07, 6.45) is 3.55. The molecule has 0 bridgehead atoms. The lowest BCUT2D eigenvalue weighted by Gasteiger charge is -2.12. The molecule has 1 aromatic rings. The number of nitrogens with one attached hydrogen (secondary N) is 2. The van der Waals surface area contributed by atoms with Gasteiger partial charge in [0.1, 0.15) is 0 Å². The average molecular weight is 290 g/mol. The maximum Gasteiger partial charge on any atom is 0.336 e. The Morgan fingerprint density at radius 3 is 2.71 bits per heavy atom. The lowest BCUT2D eigenvalue weighted by Crippen LogP contribution is -2.32. The van der Waals surface area contributed by atoms with Crippen LogP contribution in [0.3, 0.4) is 0 Å². The van der Waals surface area contributed by atoms with Crippen molar-refractivity contribution in [2.45, 2.75) is 33.1 Å². The zero-order valence-electron chi connectivity index (χ0n) is 12.5. The summed E-state index contributed by atoms with van der Waals surface area (Å²) in [5.74, 6) is 0.310. The third kappa shape index (κ3) is 4.21. The van der Waals surface area contributed by atoms with Crippen molar-refractivity contribution in [3.8, 4) is 0 Å². The predicted molar refractivity (Wildman–Crippen MR) is 81.7 cm³/mol. The highest BCUT2D eigenvalue weighted by atomic mass is 16.4. The van der Waals surface area contributed by atoms with E-state index < -0.39 is 5.97 Å². The fraction of sp³-hybridized carbons (Fsp3) is 0.500. The van der Waals surface area contributed by atoms with Crippen molar-refractivity contribution in [1.82, 2.24) is 5.32 Å². The predicted octanol–water partition coefficient (Wildman–Crippen LogP) is 3.25. The molecule has 1 aromatic carbocycles. The number of carboxylic acids is 1. The van der Waals surface area contributed by atoms with Gasteiger partial charge in [-0.15, -0.1) is 0 Å². The number of carbonyl (C=O) groups is 2. The van der Waals surface area contributed by atoms with E-state index in [0.717, 1.165) is 18.8 Å². The zero-order valence-corrected chi connectivity index (χ0v) is 12.5. The molecule has 1 aliphatic rings. The van der Waals surface area contributed by atoms with Gasteiger partial charge >= 0.3 is 12.0 Å². The summed E-state index contributed by atoms with van der Waals surface area (Å²) < 4.78 is 0. The molecule has 5 heteroatoms. The Morgan fingerprint density at radius 2 is 2.10 bits per heavy atom. The lowest BCUT2D eigenvalue weighted by molar-refractivity contribution is 0.0696. The SMILES string of the molecule is Cc1ccc(NC(=O)NCC2CCC(C)C2)cc1C(=O)O. The normalized spacial score (nSPS) is 21.0. The molecule has 0 aromatic heterocycles. The number of benzene rings is 1. The van der Waals surface area contributed by atoms with Crippen LogP contribution in [0.25, 0.3) is 0 Å². The summed E-state index contributed by atoms with van der Waals surface area (Å²) in [6, 6.07) is 4.60. The van der Waals surface area contributed by atoms with Crippen molar-refractivity contribution in [2.24, 2.45) is 11.8 Å². The fourth-order valence-corrected chi connectivity index (χ4v) is 2.85. The van der Waals surface area contributed by atoms with Crippen molar-refractivity contribution in [1.29, 1.82) is 0 Å². The van der Waals surface area contributed by atoms with Crippen molar-refractivity contribution in [3.05, 3.63) is 29.3 Å². The summed E-state index contributed by atoms with van der Waals surface area (Å²) in [5.41, 5.74) is 1.38. The summed E-state index contributed by atoms with van der Waals surface area (Å²) in [5, 5.41) is 14.6. The minimum atomic E-state index is -0.989. The third-order valence-electron chi connectivity index (χ3n) is 4.08. The molecule has 2 unspecified atom stereocenters. The number of hydrogen-bond donors (Lipinski definition) is 3. The van der Waals surface area contributed by atoms with Crippen LogP contribution < -0.4 is 10.6 Å². The average Bonchev–Trinajstić information content (AvgIpc) is 2.84. The lowest BCUT2D eigenvalue weighted by atomic mass is 10.1. The van der Waals surface area contributed by atoms with Gasteiger partial charge in [-0.3, -0.25) is 0 Å². The van der Waals surface area contributed by atoms with E-state index >= 15 is 0 Å². The first kappa shape index (κ1) is 15.4. The van der Waals surface area contributed by atoms with Crippen LogP contribution >= 0.6 is 0 Å². The molecule has 1 saturated carbocycles. The van der Waals surface area contributed by atoms with Crippen molar-refractivity contribution in [3.63, 3.8) is 0 Å². The first-order valence-corrected chi connectivity index (χ1v) is 7.34. The molecular weight excluding hydrogens is 268 g/mol. The molecule has 21 heavy (non-hydrogen) atoms. The Bertz CT molecular complexity index is 542. The summed E-state index contributed by atoms with van der Waals surface area (Å²) in [4.78, 5) is 22.9. The van der Waals surface area contributed by atoms with E-state index in [9.17, 15) is 9.59 Å². The summed E-state index contributed by atoms with van der Waals surface area (Å²) >= 11 is 0. The molecule has 0 aliphatic heterocycles. The second-order valence-corrected chi connectivity index (χ2v) is 5.95. The van der Waals surface area contributed by atoms with Gasteiger partial charge in [0.25, 0.3) is 0 Å². The molecule has 5 nitrogen and oxygen atoms in total. The summed E-state index contributed by atoms with van der Waals surface area (Å²) in [6.45, 7) is 4.64. The van der Waals surface area contributed by atoms with Crippen LogP contribution in [0, 0.1) is 18.8 Å². The molecule has 0 heterocycles. The fourth-order valence-electron chi connectivity index (χ4n) is 2.85. The van der Waals surface area contributed by atoms with Crippen molar-refractivity contribution >= 4 is 17.7 Å². The maximum atomic E-state index is 11.8. The van der Waals surface area contributed by atoms with Crippen LogP contribution in [0.15, 0.2) is 18.2 Å². The van der Waals surface area contributed by atoms with E-state index in [-0.39, 0.29) is 11.6 Å². The molecule has 0 saturated heterocycles. The number of anilines is 1. The van der Waals surface area contributed by atoms with E-state index in [2.05, 4.69) is 17.6 Å². The van der Waals surface area contributed by atoms with Crippen molar-refractivity contribution in [2.75, 3.05) is 11.9 Å². The van der Waals surface area contributed by atoms with Crippen LogP contribution in [0.5, 0.6) is 0 Å². The molecule has 0 spiro atoms. The quantitative estimate of drug-likeness (QED) is 0.796. The Labute approximate surface area is 124 Å². The van der Waals surface area contributed by atoms with Crippen LogP contribution in [0.2, 0.25) is 0 Å². The van der Waals surface area contributed by atoms with Gasteiger partial charge in [-0.05, 0) is 49.3 Å². The number of rotatable bonds is 4. The number of hydrogen-bond acceptors (Lipinski definition) is 2. The van der Waals surface area contributed by atoms with Crippen LogP contribution in [0.1, 0.15) is 42.1 Å². The van der Waals surface area contributed by atoms with Gasteiger partial charge in [0, 0.05) is 12.2 Å². The minimum absolute atomic E-state index is 0.206. The van der Waals surface area contributed by atoms with Gasteiger partial charge in [-0.2, -0.15) is 0 Å². The topological polar surface area (TPSA) is 78.4 Å². The minimum Gasteiger partial charge on any atom is -0.478 e. The highest BCUT2D eigenvalue weighted by molar-refractivity contribution is 5.94. The smallest absolute Gasteiger partial charge is 0.336 e. The Morgan fingerprint density at radius 1 is 1.33 bits per heavy atom. The first-order chi connectivity index (χ1) is 9.95. The first-order valence-electron chi connectivity index (χ1n) is 7.34. The number of urea groups is 1. The molecule has 1 aliphatic carbocycles. The van der Waals surface area contributed by atoms with E-state index in [1.54, 1.807) is 19.1 Å². The highest BCUT2D eigenvalue weighted by Gasteiger charge is 2.21. The molecule has 2 amide bonds. The number of aryl methyl sites for hydroxylation is 1. The molecule has 2 rings (SSSR count). The third-order valence-corrected chi connectivity index (χ3v) is 4.08. The second kappa shape index (κ2) is 6.61. The molecule has 1 fully saturated rings. The van der Waals surface area contributed by atoms with Crippen LogP contribution in [0.4, 0.5) is 10.5 Å². The van der Waals surface area contributed by atoms with Gasteiger partial charge in [-0.1, -0.05) is 19.4 Å². The maximum absolute atomic E-state index is 11.8. The standard InChI is InChI=1S/C16H22N2O3/c1-10-3-5-12(7-10)9-17-16(21)18-13-6-4-11(2)14(8-13)15(19)20/h4,6,8,10,12H,3,5,7,9H2,1-2H3,(H,19,20)(H2,17,18,21). The molecule has 114 valence electrons. The molecule has 2 atom stereocenters. The molecule has 3 N–H and O–H groups in total. The monoisotopic (exact) mass is 290 g/mol. The van der Waals surface area contributed by atoms with Crippen molar-refractivity contribution < 1.29 is 14.7 Å². The van der Waals surface area contributed by atoms with Gasteiger partial charge < -0.3 is 15.7 Å². The highest BCUT2D eigenvalue weighted by Crippen LogP contribution is 2.29. The second-order valence-electron chi connectivity index (χ2n) is 5.95. The van der Waals surface area contributed by atoms with E-state index in [1.165, 1.54) is 12.5 Å². The van der Waals surface area contributed by atoms with E-state index in [4.69, 9.17) is 5.11 Å². The number of carboxylic acid groups (broad SMARTS) is 1. The van der Waals surface area contributed by atoms with E-state index in [1.807, 2.05) is 0 Å². The van der Waals surface area contributed by atoms with Crippen LogP contribution in [-0.2, 0) is 0 Å². The van der Waals surface area contributed by atoms with Crippen LogP contribution in [-0.4, -0.2) is 23.7 Å². The zero-order chi connectivity index (χ0) is 15.4. The Kier molecular flexibility index (Phi) is 4.83. The van der Waals surface area contributed by atoms with E-state index in [0.29, 0.717) is 23.7 Å². The van der Waals surface area contributed by atoms with Gasteiger partial charge in [0.05, 0.1) is 5.56 Å². The Balaban J connectivity index is 1.87. The van der Waals surface area contributed by atoms with Gasteiger partial charge in [0.15, 0.2) is 0 Å². The largest absolute Gasteiger partial charge is 0.478 e. The van der Waals surface area contributed by atoms with Gasteiger partial charge in [-0.25, -0.2) is 9.59 Å². The number of amides is 2. The molecule has 0 radical (unpaired) electrons.